The molecule has 0 aliphatic rings. The zero-order valence-electron chi connectivity index (χ0n) is 10.7. The number of nitrogens with one attached hydrogen (secondary N) is 1. The normalized spacial score (nSPS) is 10.8. The first kappa shape index (κ1) is 11.9. The molecule has 0 unspecified atom stereocenters. The molecule has 4 nitrogen and oxygen atoms in total. The van der Waals surface area contributed by atoms with Crippen LogP contribution in [0.1, 0.15) is 11.5 Å². The maximum atomic E-state index is 5.57. The number of hydrogen-bond donors (Lipinski definition) is 1. The molecule has 0 bridgehead atoms. The van der Waals surface area contributed by atoms with E-state index in [1.165, 1.54) is 0 Å². The van der Waals surface area contributed by atoms with Crippen molar-refractivity contribution in [1.29, 1.82) is 0 Å². The summed E-state index contributed by atoms with van der Waals surface area (Å²) in [4.78, 5) is 0. The highest BCUT2D eigenvalue weighted by Crippen LogP contribution is 2.27. The number of para-hydroxylation sites is 1. The molecule has 1 N–H and O–H groups in total. The molecular formula is C14H13N3OS. The van der Waals surface area contributed by atoms with Crippen molar-refractivity contribution in [3.63, 3.8) is 0 Å². The molecule has 0 atom stereocenters. The Bertz CT molecular complexity index is 768. The molecule has 0 fully saturated rings. The summed E-state index contributed by atoms with van der Waals surface area (Å²) in [6.07, 6.45) is 0. The number of rotatable bonds is 2. The molecule has 2 heterocycles. The van der Waals surface area contributed by atoms with Gasteiger partial charge in [-0.2, -0.15) is 5.10 Å². The lowest BCUT2D eigenvalue weighted by atomic mass is 10.2. The summed E-state index contributed by atoms with van der Waals surface area (Å²) in [5.41, 5.74) is 1.93. The summed E-state index contributed by atoms with van der Waals surface area (Å²) in [6.45, 7) is 3.85. The highest BCUT2D eigenvalue weighted by Gasteiger charge is 2.15. The van der Waals surface area contributed by atoms with Crippen LogP contribution in [0.2, 0.25) is 0 Å². The number of furan rings is 1. The highest BCUT2D eigenvalue weighted by molar-refractivity contribution is 7.71. The Morgan fingerprint density at radius 2 is 1.95 bits per heavy atom. The number of aryl methyl sites for hydroxylation is 2. The number of aromatic nitrogens is 3. The molecule has 5 heteroatoms. The summed E-state index contributed by atoms with van der Waals surface area (Å²) in [6, 6.07) is 11.9. The third-order valence-electron chi connectivity index (χ3n) is 2.97. The maximum Gasteiger partial charge on any atom is 0.200 e. The number of H-pyrrole nitrogens is 1. The van der Waals surface area contributed by atoms with Gasteiger partial charge in [0.05, 0.1) is 5.56 Å². The van der Waals surface area contributed by atoms with E-state index >= 15 is 0 Å². The van der Waals surface area contributed by atoms with Gasteiger partial charge in [0.15, 0.2) is 10.6 Å². The topological polar surface area (TPSA) is 46.8 Å². The lowest BCUT2D eigenvalue weighted by Gasteiger charge is -2.05. The van der Waals surface area contributed by atoms with E-state index in [9.17, 15) is 0 Å². The van der Waals surface area contributed by atoms with Gasteiger partial charge in [0.1, 0.15) is 11.5 Å². The first-order valence-electron chi connectivity index (χ1n) is 5.97. The van der Waals surface area contributed by atoms with Crippen molar-refractivity contribution in [3.8, 4) is 17.1 Å². The molecule has 1 aromatic carbocycles. The van der Waals surface area contributed by atoms with Crippen molar-refractivity contribution in [2.45, 2.75) is 13.8 Å². The van der Waals surface area contributed by atoms with Crippen LogP contribution >= 0.6 is 12.2 Å². The average Bonchev–Trinajstić information content (AvgIpc) is 2.93. The molecule has 3 rings (SSSR count). The van der Waals surface area contributed by atoms with Gasteiger partial charge < -0.3 is 4.42 Å². The molecule has 0 aliphatic carbocycles. The number of hydrogen-bond acceptors (Lipinski definition) is 3. The van der Waals surface area contributed by atoms with Crippen molar-refractivity contribution in [2.75, 3.05) is 0 Å². The summed E-state index contributed by atoms with van der Waals surface area (Å²) in [5.74, 6) is 2.47. The Kier molecular flexibility index (Phi) is 2.83. The summed E-state index contributed by atoms with van der Waals surface area (Å²) < 4.78 is 8.05. The van der Waals surface area contributed by atoms with Gasteiger partial charge in [-0.15, -0.1) is 0 Å². The predicted molar refractivity (Wildman–Crippen MR) is 75.9 cm³/mol. The predicted octanol–water partition coefficient (Wildman–Crippen LogP) is 3.81. The second-order valence-corrected chi connectivity index (χ2v) is 4.74. The van der Waals surface area contributed by atoms with Crippen LogP contribution in [-0.2, 0) is 0 Å². The first-order chi connectivity index (χ1) is 9.16. The van der Waals surface area contributed by atoms with Gasteiger partial charge in [0.2, 0.25) is 0 Å². The van der Waals surface area contributed by atoms with Crippen molar-refractivity contribution in [3.05, 3.63) is 52.7 Å². The van der Waals surface area contributed by atoms with E-state index in [-0.39, 0.29) is 0 Å². The molecule has 2 aromatic heterocycles. The van der Waals surface area contributed by atoms with Gasteiger partial charge in [0, 0.05) is 5.69 Å². The van der Waals surface area contributed by atoms with Crippen LogP contribution < -0.4 is 0 Å². The third-order valence-corrected chi connectivity index (χ3v) is 3.24. The van der Waals surface area contributed by atoms with E-state index < -0.39 is 0 Å². The monoisotopic (exact) mass is 271 g/mol. The molecule has 0 saturated heterocycles. The van der Waals surface area contributed by atoms with Crippen molar-refractivity contribution >= 4 is 12.2 Å². The lowest BCUT2D eigenvalue weighted by molar-refractivity contribution is 0.505. The molecule has 19 heavy (non-hydrogen) atoms. The second kappa shape index (κ2) is 4.51. The fourth-order valence-corrected chi connectivity index (χ4v) is 2.38. The van der Waals surface area contributed by atoms with Crippen LogP contribution in [0.5, 0.6) is 0 Å². The van der Waals surface area contributed by atoms with Gasteiger partial charge >= 0.3 is 0 Å². The minimum absolute atomic E-state index is 0.569. The largest absolute Gasteiger partial charge is 0.466 e. The fourth-order valence-electron chi connectivity index (χ4n) is 2.15. The lowest BCUT2D eigenvalue weighted by Crippen LogP contribution is -1.97. The summed E-state index contributed by atoms with van der Waals surface area (Å²) >= 11 is 5.32. The number of nitrogens with zero attached hydrogens (tertiary/aromatic N) is 2. The van der Waals surface area contributed by atoms with E-state index in [1.807, 2.05) is 54.8 Å². The molecule has 96 valence electrons. The van der Waals surface area contributed by atoms with E-state index in [4.69, 9.17) is 16.6 Å². The zero-order chi connectivity index (χ0) is 13.4. The van der Waals surface area contributed by atoms with Gasteiger partial charge in [-0.3, -0.25) is 9.67 Å². The van der Waals surface area contributed by atoms with Gasteiger partial charge in [-0.1, -0.05) is 18.2 Å². The standard InChI is InChI=1S/C14H13N3OS/c1-9-8-12(10(2)18-9)13-15-16-14(19)17(13)11-6-4-3-5-7-11/h3-8H,1-2H3,(H,16,19). The molecule has 3 aromatic rings. The van der Waals surface area contributed by atoms with Crippen LogP contribution in [0.15, 0.2) is 40.8 Å². The Labute approximate surface area is 115 Å². The van der Waals surface area contributed by atoms with Crippen LogP contribution in [0.4, 0.5) is 0 Å². The zero-order valence-corrected chi connectivity index (χ0v) is 11.5. The number of benzene rings is 1. The quantitative estimate of drug-likeness (QED) is 0.721. The van der Waals surface area contributed by atoms with Crippen molar-refractivity contribution in [1.82, 2.24) is 14.8 Å². The summed E-state index contributed by atoms with van der Waals surface area (Å²) in [7, 11) is 0. The minimum Gasteiger partial charge on any atom is -0.466 e. The average molecular weight is 271 g/mol. The Morgan fingerprint density at radius 3 is 2.58 bits per heavy atom. The van der Waals surface area contributed by atoms with Crippen LogP contribution in [0, 0.1) is 18.6 Å². The van der Waals surface area contributed by atoms with Crippen LogP contribution in [0.3, 0.4) is 0 Å². The van der Waals surface area contributed by atoms with Gasteiger partial charge in [-0.25, -0.2) is 0 Å². The molecule has 0 radical (unpaired) electrons. The molecule has 0 aliphatic heterocycles. The van der Waals surface area contributed by atoms with E-state index in [2.05, 4.69) is 10.2 Å². The summed E-state index contributed by atoms with van der Waals surface area (Å²) in [5, 5.41) is 7.17. The first-order valence-corrected chi connectivity index (χ1v) is 6.38. The molecular weight excluding hydrogens is 258 g/mol. The SMILES string of the molecule is Cc1cc(-c2n[nH]c(=S)n2-c2ccccc2)c(C)o1. The molecule has 0 spiro atoms. The molecule has 0 amide bonds. The minimum atomic E-state index is 0.569. The Hall–Kier alpha value is -2.14. The smallest absolute Gasteiger partial charge is 0.200 e. The van der Waals surface area contributed by atoms with Gasteiger partial charge in [-0.05, 0) is 44.3 Å². The highest BCUT2D eigenvalue weighted by atomic mass is 32.1. The van der Waals surface area contributed by atoms with Crippen LogP contribution in [0.25, 0.3) is 17.1 Å². The van der Waals surface area contributed by atoms with E-state index in [0.29, 0.717) is 4.77 Å². The van der Waals surface area contributed by atoms with Crippen LogP contribution in [-0.4, -0.2) is 14.8 Å². The maximum absolute atomic E-state index is 5.57. The molecule has 0 saturated carbocycles. The third kappa shape index (κ3) is 2.02. The van der Waals surface area contributed by atoms with E-state index in [0.717, 1.165) is 28.6 Å². The second-order valence-electron chi connectivity index (χ2n) is 4.35. The Balaban J connectivity index is 2.25. The van der Waals surface area contributed by atoms with Crippen molar-refractivity contribution in [2.24, 2.45) is 0 Å². The van der Waals surface area contributed by atoms with E-state index in [1.54, 1.807) is 0 Å². The Morgan fingerprint density at radius 1 is 1.21 bits per heavy atom. The number of aromatic amines is 1. The van der Waals surface area contributed by atoms with Gasteiger partial charge in [0.25, 0.3) is 0 Å². The van der Waals surface area contributed by atoms with Crippen molar-refractivity contribution < 1.29 is 4.42 Å². The fraction of sp³-hybridized carbons (Fsp3) is 0.143.